The van der Waals surface area contributed by atoms with Crippen LogP contribution in [0.4, 0.5) is 5.69 Å². The van der Waals surface area contributed by atoms with Gasteiger partial charge in [0.1, 0.15) is 0 Å². The van der Waals surface area contributed by atoms with Crippen LogP contribution in [0.15, 0.2) is 194 Å². The molecule has 10 rings (SSSR count). The van der Waals surface area contributed by atoms with Gasteiger partial charge in [-0.3, -0.25) is 0 Å². The molecular formula is C54H32N2. The summed E-state index contributed by atoms with van der Waals surface area (Å²) >= 11 is 0. The average molecular weight is 709 g/mol. The van der Waals surface area contributed by atoms with E-state index in [1.165, 1.54) is 0 Å². The second kappa shape index (κ2) is 13.6. The van der Waals surface area contributed by atoms with Crippen LogP contribution < -0.4 is 0 Å². The summed E-state index contributed by atoms with van der Waals surface area (Å²) in [5, 5.41) is 17.2. The number of benzene rings is 10. The highest BCUT2D eigenvalue weighted by Gasteiger charge is 2.24. The molecule has 0 spiro atoms. The Bertz CT molecular complexity index is 2980. The summed E-state index contributed by atoms with van der Waals surface area (Å²) in [6, 6.07) is 70.3. The highest BCUT2D eigenvalue weighted by molar-refractivity contribution is 6.32. The quantitative estimate of drug-likeness (QED) is 0.125. The van der Waals surface area contributed by atoms with Crippen molar-refractivity contribution in [1.82, 2.24) is 0 Å². The van der Waals surface area contributed by atoms with Crippen LogP contribution in [0.2, 0.25) is 0 Å². The molecule has 56 heavy (non-hydrogen) atoms. The van der Waals surface area contributed by atoms with Gasteiger partial charge >= 0.3 is 0 Å². The molecule has 0 aliphatic rings. The molecule has 2 heteroatoms. The zero-order valence-corrected chi connectivity index (χ0v) is 30.4. The topological polar surface area (TPSA) is 28.1 Å². The van der Waals surface area contributed by atoms with Crippen molar-refractivity contribution >= 4 is 38.0 Å². The molecule has 0 bridgehead atoms. The molecule has 0 N–H and O–H groups in total. The van der Waals surface area contributed by atoms with Crippen molar-refractivity contribution in [2.24, 2.45) is 0 Å². The summed E-state index contributed by atoms with van der Waals surface area (Å²) in [6.07, 6.45) is 0. The molecule has 0 radical (unpaired) electrons. The Kier molecular flexibility index (Phi) is 7.96. The van der Waals surface area contributed by atoms with E-state index in [4.69, 9.17) is 6.57 Å². The molecule has 2 nitrogen and oxygen atoms in total. The molecule has 0 saturated carbocycles. The SMILES string of the molecule is [C-]#[N+]c1ccccc1-c1cc(-c2ccccc2-c2ccccc2)c2ccc3c(-c4ccccc4C#N)cc(-c4ccccc4-c4ccccc4)c4ccc1c2c34. The van der Waals surface area contributed by atoms with Gasteiger partial charge in [0.2, 0.25) is 0 Å². The summed E-state index contributed by atoms with van der Waals surface area (Å²) in [7, 11) is 0. The maximum absolute atomic E-state index is 10.4. The van der Waals surface area contributed by atoms with E-state index in [2.05, 4.69) is 169 Å². The predicted molar refractivity (Wildman–Crippen MR) is 234 cm³/mol. The van der Waals surface area contributed by atoms with Crippen molar-refractivity contribution < 1.29 is 0 Å². The standard InChI is InChI=1S/C54H32N2/c1-56-52-27-15-14-26-43(52)51-33-50(42-25-13-11-22-39(42)36-18-6-3-7-19-36)46-29-28-44-48(40-23-9-8-20-37(40)34-55)32-49(45-30-31-47(51)54(46)53(44)45)41-24-12-10-21-38(41)35-16-4-2-5-17-35/h2-33H. The average Bonchev–Trinajstić information content (AvgIpc) is 3.28. The van der Waals surface area contributed by atoms with Gasteiger partial charge < -0.3 is 0 Å². The highest BCUT2D eigenvalue weighted by Crippen LogP contribution is 2.51. The van der Waals surface area contributed by atoms with E-state index >= 15 is 0 Å². The third-order valence-electron chi connectivity index (χ3n) is 11.2. The summed E-state index contributed by atoms with van der Waals surface area (Å²) in [4.78, 5) is 4.01. The van der Waals surface area contributed by atoms with Crippen LogP contribution in [0.3, 0.4) is 0 Å². The lowest BCUT2D eigenvalue weighted by molar-refractivity contribution is 1.48. The fraction of sp³-hybridized carbons (Fsp3) is 0. The van der Waals surface area contributed by atoms with Gasteiger partial charge in [0.05, 0.1) is 18.2 Å². The van der Waals surface area contributed by atoms with Crippen molar-refractivity contribution in [3.8, 4) is 72.8 Å². The number of para-hydroxylation sites is 1. The van der Waals surface area contributed by atoms with E-state index in [9.17, 15) is 5.26 Å². The maximum atomic E-state index is 10.4. The Balaban J connectivity index is 1.41. The van der Waals surface area contributed by atoms with E-state index in [1.807, 2.05) is 36.4 Å². The molecule has 0 aromatic heterocycles. The summed E-state index contributed by atoms with van der Waals surface area (Å²) in [6.45, 7) is 8.19. The van der Waals surface area contributed by atoms with Gasteiger partial charge in [0.15, 0.2) is 5.69 Å². The lowest BCUT2D eigenvalue weighted by Crippen LogP contribution is -1.96. The number of hydrogen-bond donors (Lipinski definition) is 0. The molecule has 0 atom stereocenters. The minimum atomic E-state index is 0.617. The van der Waals surface area contributed by atoms with Gasteiger partial charge in [-0.1, -0.05) is 176 Å². The first-order valence-electron chi connectivity index (χ1n) is 18.8. The van der Waals surface area contributed by atoms with Crippen molar-refractivity contribution in [3.63, 3.8) is 0 Å². The molecule has 10 aromatic carbocycles. The van der Waals surface area contributed by atoms with Crippen molar-refractivity contribution in [1.29, 1.82) is 5.26 Å². The fourth-order valence-corrected chi connectivity index (χ4v) is 8.67. The van der Waals surface area contributed by atoms with Crippen LogP contribution in [0, 0.1) is 17.9 Å². The molecule has 0 heterocycles. The van der Waals surface area contributed by atoms with Crippen molar-refractivity contribution in [3.05, 3.63) is 211 Å². The Labute approximate surface area is 326 Å². The van der Waals surface area contributed by atoms with Crippen LogP contribution in [-0.2, 0) is 0 Å². The summed E-state index contributed by atoms with van der Waals surface area (Å²) in [5.41, 5.74) is 14.1. The number of rotatable bonds is 6. The summed E-state index contributed by atoms with van der Waals surface area (Å²) in [5.74, 6) is 0. The van der Waals surface area contributed by atoms with Gasteiger partial charge in [0.25, 0.3) is 0 Å². The van der Waals surface area contributed by atoms with E-state index in [0.29, 0.717) is 11.3 Å². The Morgan fingerprint density at radius 2 is 0.696 bits per heavy atom. The lowest BCUT2D eigenvalue weighted by atomic mass is 9.80. The molecule has 0 saturated heterocycles. The lowest BCUT2D eigenvalue weighted by Gasteiger charge is -2.23. The van der Waals surface area contributed by atoms with Crippen LogP contribution in [0.5, 0.6) is 0 Å². The van der Waals surface area contributed by atoms with Crippen molar-refractivity contribution in [2.45, 2.75) is 0 Å². The number of nitriles is 1. The smallest absolute Gasteiger partial charge is 0.194 e. The van der Waals surface area contributed by atoms with Crippen LogP contribution in [0.1, 0.15) is 5.56 Å². The Hall–Kier alpha value is -7.78. The molecular weight excluding hydrogens is 677 g/mol. The highest BCUT2D eigenvalue weighted by atomic mass is 14.6. The van der Waals surface area contributed by atoms with E-state index < -0.39 is 0 Å². The third-order valence-corrected chi connectivity index (χ3v) is 11.2. The Morgan fingerprint density at radius 1 is 0.339 bits per heavy atom. The minimum Gasteiger partial charge on any atom is -0.238 e. The van der Waals surface area contributed by atoms with Crippen molar-refractivity contribution in [2.75, 3.05) is 0 Å². The Morgan fingerprint density at radius 3 is 1.16 bits per heavy atom. The molecule has 0 unspecified atom stereocenters. The molecule has 0 aliphatic heterocycles. The molecule has 10 aromatic rings. The normalized spacial score (nSPS) is 11.2. The monoisotopic (exact) mass is 708 g/mol. The van der Waals surface area contributed by atoms with Crippen LogP contribution in [-0.4, -0.2) is 0 Å². The molecule has 0 amide bonds. The largest absolute Gasteiger partial charge is 0.238 e. The zero-order chi connectivity index (χ0) is 37.6. The third kappa shape index (κ3) is 5.25. The van der Waals surface area contributed by atoms with E-state index in [-0.39, 0.29) is 0 Å². The second-order valence-electron chi connectivity index (χ2n) is 14.1. The van der Waals surface area contributed by atoms with Crippen LogP contribution in [0.25, 0.3) is 104 Å². The first-order valence-corrected chi connectivity index (χ1v) is 18.8. The first kappa shape index (κ1) is 32.8. The molecule has 0 fully saturated rings. The predicted octanol–water partition coefficient (Wildman–Crippen LogP) is 15.0. The van der Waals surface area contributed by atoms with Gasteiger partial charge in [0, 0.05) is 5.56 Å². The molecule has 0 aliphatic carbocycles. The summed E-state index contributed by atoms with van der Waals surface area (Å²) < 4.78 is 0. The van der Waals surface area contributed by atoms with E-state index in [0.717, 1.165) is 99.1 Å². The van der Waals surface area contributed by atoms with Gasteiger partial charge in [-0.05, 0) is 112 Å². The van der Waals surface area contributed by atoms with Gasteiger partial charge in [-0.2, -0.15) is 5.26 Å². The maximum Gasteiger partial charge on any atom is 0.194 e. The minimum absolute atomic E-state index is 0.617. The molecule has 258 valence electrons. The van der Waals surface area contributed by atoms with Gasteiger partial charge in [-0.15, -0.1) is 0 Å². The number of hydrogen-bond acceptors (Lipinski definition) is 1. The zero-order valence-electron chi connectivity index (χ0n) is 30.4. The van der Waals surface area contributed by atoms with Gasteiger partial charge in [-0.25, -0.2) is 4.85 Å². The first-order chi connectivity index (χ1) is 27.7. The van der Waals surface area contributed by atoms with E-state index in [1.54, 1.807) is 0 Å². The fourth-order valence-electron chi connectivity index (χ4n) is 8.67. The van der Waals surface area contributed by atoms with Crippen LogP contribution >= 0.6 is 0 Å². The second-order valence-corrected chi connectivity index (χ2v) is 14.1. The number of nitrogens with zero attached hydrogens (tertiary/aromatic N) is 2.